The third kappa shape index (κ3) is 7.81. The van der Waals surface area contributed by atoms with E-state index in [1.54, 1.807) is 25.3 Å². The second kappa shape index (κ2) is 13.2. The maximum absolute atomic E-state index is 12.9. The number of nitrogens with zero attached hydrogens (tertiary/aromatic N) is 6. The Balaban J connectivity index is 0.000000209. The Labute approximate surface area is 249 Å². The van der Waals surface area contributed by atoms with Crippen LogP contribution >= 0.6 is 7.60 Å². The van der Waals surface area contributed by atoms with Gasteiger partial charge >= 0.3 is 7.60 Å². The maximum Gasteiger partial charge on any atom is 0.350 e. The number of benzene rings is 1. The number of imidazole rings is 1. The Morgan fingerprint density at radius 3 is 2.64 bits per heavy atom. The third-order valence-electron chi connectivity index (χ3n) is 6.45. The molecular weight excluding hydrogens is 602 g/mol. The molecule has 1 aliphatic rings. The van der Waals surface area contributed by atoms with Crippen LogP contribution in [0.5, 0.6) is 5.75 Å². The molecular formula is C26H32FN8O8P. The zero-order chi connectivity index (χ0) is 32.2. The molecule has 5 rings (SSSR count). The molecule has 1 atom stereocenters. The van der Waals surface area contributed by atoms with Gasteiger partial charge in [-0.1, -0.05) is 12.1 Å². The van der Waals surface area contributed by atoms with E-state index in [-0.39, 0.29) is 36.2 Å². The van der Waals surface area contributed by atoms with Crippen LogP contribution < -0.4 is 16.6 Å². The van der Waals surface area contributed by atoms with E-state index in [4.69, 9.17) is 25.0 Å². The number of aromatic hydroxyl groups is 1. The zero-order valence-electron chi connectivity index (χ0n) is 24.0. The first-order valence-electron chi connectivity index (χ1n) is 13.2. The Bertz CT molecular complexity index is 1760. The average molecular weight is 635 g/mol. The van der Waals surface area contributed by atoms with Gasteiger partial charge in [-0.2, -0.15) is 0 Å². The highest BCUT2D eigenvalue weighted by atomic mass is 31.2. The smallest absolute Gasteiger partial charge is 0.350 e. The zero-order valence-corrected chi connectivity index (χ0v) is 24.9. The number of halogens is 1. The van der Waals surface area contributed by atoms with Crippen LogP contribution in [0.3, 0.4) is 0 Å². The van der Waals surface area contributed by atoms with Gasteiger partial charge in [0.2, 0.25) is 5.75 Å². The number of carbonyl (C=O) groups is 1. The van der Waals surface area contributed by atoms with Gasteiger partial charge in [0.05, 0.1) is 32.1 Å². The molecule has 1 amide bonds. The lowest BCUT2D eigenvalue weighted by Crippen LogP contribution is -2.42. The lowest BCUT2D eigenvalue weighted by Gasteiger charge is -2.32. The third-order valence-corrected chi connectivity index (χ3v) is 6.94. The minimum Gasteiger partial charge on any atom is -0.501 e. The van der Waals surface area contributed by atoms with Crippen LogP contribution in [0.25, 0.3) is 11.2 Å². The number of aromatic nitrogens is 6. The monoisotopic (exact) mass is 634 g/mol. The molecule has 1 aromatic carbocycles. The van der Waals surface area contributed by atoms with Crippen molar-refractivity contribution in [3.8, 4) is 5.75 Å². The van der Waals surface area contributed by atoms with Crippen molar-refractivity contribution in [2.24, 2.45) is 0 Å². The molecule has 6 N–H and O–H groups in total. The fraction of sp³-hybridized carbons (Fsp3) is 0.385. The van der Waals surface area contributed by atoms with Crippen molar-refractivity contribution in [1.82, 2.24) is 34.4 Å². The molecule has 16 nitrogen and oxygen atoms in total. The molecule has 0 unspecified atom stereocenters. The van der Waals surface area contributed by atoms with Crippen molar-refractivity contribution in [1.29, 1.82) is 0 Å². The molecule has 1 aliphatic heterocycles. The highest BCUT2D eigenvalue weighted by molar-refractivity contribution is 7.51. The van der Waals surface area contributed by atoms with Gasteiger partial charge in [0.15, 0.2) is 17.2 Å². The van der Waals surface area contributed by atoms with Gasteiger partial charge in [0.25, 0.3) is 11.5 Å². The summed E-state index contributed by atoms with van der Waals surface area (Å²) < 4.78 is 37.3. The number of amides is 1. The van der Waals surface area contributed by atoms with E-state index in [0.717, 1.165) is 0 Å². The first-order chi connectivity index (χ1) is 20.7. The van der Waals surface area contributed by atoms with Crippen LogP contribution in [0.4, 0.5) is 10.2 Å². The van der Waals surface area contributed by atoms with E-state index >= 15 is 0 Å². The molecule has 236 valence electrons. The summed E-state index contributed by atoms with van der Waals surface area (Å²) in [5.74, 6) is -1.19. The summed E-state index contributed by atoms with van der Waals surface area (Å²) in [6.45, 7) is 6.22. The first kappa shape index (κ1) is 32.6. The molecule has 0 aliphatic carbocycles. The lowest BCUT2D eigenvalue weighted by atomic mass is 10.1. The van der Waals surface area contributed by atoms with Crippen LogP contribution in [0.1, 0.15) is 42.6 Å². The number of fused-ring (bicyclic) bond motifs is 2. The summed E-state index contributed by atoms with van der Waals surface area (Å²) in [4.78, 5) is 58.3. The number of rotatable bonds is 8. The summed E-state index contributed by atoms with van der Waals surface area (Å²) >= 11 is 0. The fourth-order valence-corrected chi connectivity index (χ4v) is 4.73. The number of nitrogen functional groups attached to an aromatic ring is 1. The van der Waals surface area contributed by atoms with E-state index in [9.17, 15) is 23.7 Å². The Morgan fingerprint density at radius 2 is 1.95 bits per heavy atom. The van der Waals surface area contributed by atoms with E-state index in [0.29, 0.717) is 29.9 Å². The second-order valence-electron chi connectivity index (χ2n) is 10.4. The largest absolute Gasteiger partial charge is 0.501 e. The van der Waals surface area contributed by atoms with Gasteiger partial charge in [0, 0.05) is 6.54 Å². The van der Waals surface area contributed by atoms with Crippen molar-refractivity contribution in [2.45, 2.75) is 52.1 Å². The molecule has 4 heterocycles. The van der Waals surface area contributed by atoms with Crippen molar-refractivity contribution in [2.75, 3.05) is 18.7 Å². The number of nitrogens with two attached hydrogens (primary N) is 1. The molecule has 0 fully saturated rings. The molecule has 0 spiro atoms. The Morgan fingerprint density at radius 1 is 1.25 bits per heavy atom. The van der Waals surface area contributed by atoms with Crippen LogP contribution in [0.2, 0.25) is 0 Å². The van der Waals surface area contributed by atoms with Crippen LogP contribution in [0.15, 0.2) is 41.7 Å². The van der Waals surface area contributed by atoms with Crippen molar-refractivity contribution in [3.63, 3.8) is 0 Å². The summed E-state index contributed by atoms with van der Waals surface area (Å²) in [6, 6.07) is 5.62. The predicted octanol–water partition coefficient (Wildman–Crippen LogP) is 1.23. The quantitative estimate of drug-likeness (QED) is 0.172. The van der Waals surface area contributed by atoms with E-state index in [2.05, 4.69) is 25.3 Å². The van der Waals surface area contributed by atoms with E-state index in [1.807, 2.05) is 0 Å². The van der Waals surface area contributed by atoms with Gasteiger partial charge < -0.3 is 40.0 Å². The van der Waals surface area contributed by atoms with Crippen molar-refractivity contribution >= 4 is 30.5 Å². The molecule has 4 aromatic rings. The van der Waals surface area contributed by atoms with Crippen LogP contribution in [0, 0.1) is 5.82 Å². The molecule has 44 heavy (non-hydrogen) atoms. The summed E-state index contributed by atoms with van der Waals surface area (Å²) in [5, 5.41) is 12.6. The Kier molecular flexibility index (Phi) is 9.75. The maximum atomic E-state index is 12.9. The molecule has 0 saturated carbocycles. The van der Waals surface area contributed by atoms with Gasteiger partial charge in [-0.3, -0.25) is 18.7 Å². The average Bonchev–Trinajstić information content (AvgIpc) is 3.37. The number of nitrogens with one attached hydrogen (secondary N) is 1. The summed E-state index contributed by atoms with van der Waals surface area (Å²) in [5.41, 5.74) is 5.50. The number of hydrogen-bond donors (Lipinski definition) is 5. The van der Waals surface area contributed by atoms with Gasteiger partial charge in [-0.15, -0.1) is 0 Å². The highest BCUT2D eigenvalue weighted by Gasteiger charge is 2.34. The molecule has 0 radical (unpaired) electrons. The minimum atomic E-state index is -4.16. The minimum absolute atomic E-state index is 0.110. The molecule has 18 heteroatoms. The van der Waals surface area contributed by atoms with E-state index < -0.39 is 42.9 Å². The number of carbonyl (C=O) groups excluding carboxylic acids is 1. The number of ether oxygens (including phenoxy) is 2. The lowest BCUT2D eigenvalue weighted by molar-refractivity contribution is -0.0566. The Hall–Kier alpha value is -4.28. The van der Waals surface area contributed by atoms with Crippen molar-refractivity contribution in [3.05, 3.63) is 70.2 Å². The highest BCUT2D eigenvalue weighted by Crippen LogP contribution is 2.34. The van der Waals surface area contributed by atoms with Crippen LogP contribution in [-0.4, -0.2) is 68.9 Å². The van der Waals surface area contributed by atoms with Gasteiger partial charge in [-0.25, -0.2) is 24.3 Å². The van der Waals surface area contributed by atoms with Crippen LogP contribution in [-0.2, 0) is 39.3 Å². The summed E-state index contributed by atoms with van der Waals surface area (Å²) in [7, 11) is -4.16. The normalized spacial score (nSPS) is 14.8. The standard InChI is InChI=1S/C17H18FN3O4.C9H14N5O4P/c1-17(2)16-20-12(13(22)15(24)21(16)7-8-25-17)14(23)19-9-10-3-5-11(18)6-4-10;1-6(18-5-19(15,16)17)2-14-4-13-7-8(10)11-3-12-9(7)14/h3-6,22H,7-9H2,1-2H3,(H,19,23);3-4,6H,2,5H2,1H3,(H2,10,11,12)(H2,15,16,17)/t;6-/m.1/s1. The number of anilines is 1. The fourth-order valence-electron chi connectivity index (χ4n) is 4.28. The van der Waals surface area contributed by atoms with E-state index in [1.165, 1.54) is 41.5 Å². The number of hydrogen-bond acceptors (Lipinski definition) is 11. The van der Waals surface area contributed by atoms with Crippen molar-refractivity contribution < 1.29 is 38.1 Å². The summed E-state index contributed by atoms with van der Waals surface area (Å²) in [6.07, 6.45) is 1.85. The SMILES string of the molecule is CC1(C)OCCn2c1nc(C(=O)NCc1ccc(F)cc1)c(O)c2=O.C[C@H](Cn1cnc2c(N)ncnc21)OCP(=O)(O)O. The molecule has 3 aromatic heterocycles. The predicted molar refractivity (Wildman–Crippen MR) is 154 cm³/mol. The first-order valence-corrected chi connectivity index (χ1v) is 15.0. The second-order valence-corrected chi connectivity index (χ2v) is 11.9. The topological polar surface area (TPSA) is 230 Å². The van der Waals surface area contributed by atoms with Gasteiger partial charge in [0.1, 0.15) is 35.4 Å². The molecule has 0 saturated heterocycles. The van der Waals surface area contributed by atoms with Gasteiger partial charge in [-0.05, 0) is 38.5 Å². The molecule has 0 bridgehead atoms.